The third-order valence-corrected chi connectivity index (χ3v) is 3.99. The van der Waals surface area contributed by atoms with Gasteiger partial charge < -0.3 is 20.9 Å². The van der Waals surface area contributed by atoms with Gasteiger partial charge in [-0.05, 0) is 71.6 Å². The lowest BCUT2D eigenvalue weighted by molar-refractivity contribution is 0.323. The number of rotatable bonds is 9. The molecule has 0 unspecified atom stereocenters. The quantitative estimate of drug-likeness (QED) is 0.590. The van der Waals surface area contributed by atoms with Gasteiger partial charge in [-0.1, -0.05) is 50.2 Å². The second kappa shape index (κ2) is 16.8. The van der Waals surface area contributed by atoms with E-state index in [-0.39, 0.29) is 0 Å². The molecule has 4 nitrogen and oxygen atoms in total. The van der Waals surface area contributed by atoms with E-state index in [1.54, 1.807) is 0 Å². The van der Waals surface area contributed by atoms with Crippen molar-refractivity contribution in [3.8, 4) is 0 Å². The van der Waals surface area contributed by atoms with Gasteiger partial charge in [0.15, 0.2) is 0 Å². The number of nitrogens with zero attached hydrogens (tertiary/aromatic N) is 1. The average molecular weight is 361 g/mol. The Bertz CT molecular complexity index is 541. The molecule has 0 amide bonds. The maximum Gasteiger partial charge on any atom is 0.0417 e. The van der Waals surface area contributed by atoms with Gasteiger partial charge in [0.25, 0.3) is 0 Å². The van der Waals surface area contributed by atoms with Crippen LogP contribution in [0.25, 0.3) is 10.8 Å². The summed E-state index contributed by atoms with van der Waals surface area (Å²) >= 11 is 0. The first kappa shape index (κ1) is 24.4. The molecule has 148 valence electrons. The van der Waals surface area contributed by atoms with E-state index in [9.17, 15) is 0 Å². The minimum absolute atomic E-state index is 1.12. The number of nitrogens with one attached hydrogen (secondary N) is 3. The summed E-state index contributed by atoms with van der Waals surface area (Å²) in [5, 5.41) is 12.0. The molecule has 0 heterocycles. The van der Waals surface area contributed by atoms with Gasteiger partial charge in [0.1, 0.15) is 0 Å². The highest BCUT2D eigenvalue weighted by Gasteiger charge is 1.96. The molecule has 0 radical (unpaired) electrons. The summed E-state index contributed by atoms with van der Waals surface area (Å²) in [5.41, 5.74) is 1.19. The molecule has 0 fully saturated rings. The fourth-order valence-corrected chi connectivity index (χ4v) is 2.61. The topological polar surface area (TPSA) is 39.3 Å². The highest BCUT2D eigenvalue weighted by atomic mass is 15.1. The normalized spacial score (nSPS) is 9.96. The average Bonchev–Trinajstić information content (AvgIpc) is 2.70. The third kappa shape index (κ3) is 10.4. The van der Waals surface area contributed by atoms with Crippen LogP contribution < -0.4 is 16.0 Å². The van der Waals surface area contributed by atoms with Crippen LogP contribution in [0.4, 0.5) is 5.69 Å². The summed E-state index contributed by atoms with van der Waals surface area (Å²) in [6.45, 7) is 8.64. The lowest BCUT2D eigenvalue weighted by atomic mass is 10.1. The lowest BCUT2D eigenvalue weighted by Gasteiger charge is -2.15. The third-order valence-electron chi connectivity index (χ3n) is 3.99. The van der Waals surface area contributed by atoms with Gasteiger partial charge in [-0.3, -0.25) is 0 Å². The van der Waals surface area contributed by atoms with E-state index >= 15 is 0 Å². The van der Waals surface area contributed by atoms with Crippen molar-refractivity contribution in [3.63, 3.8) is 0 Å². The van der Waals surface area contributed by atoms with E-state index < -0.39 is 0 Å². The summed E-state index contributed by atoms with van der Waals surface area (Å²) in [5.74, 6) is 0. The van der Waals surface area contributed by atoms with Crippen LogP contribution in [0.15, 0.2) is 42.5 Å². The molecule has 0 spiro atoms. The minimum atomic E-state index is 1.12. The Balaban J connectivity index is 0.000000439. The number of benzene rings is 2. The maximum atomic E-state index is 3.17. The summed E-state index contributed by atoms with van der Waals surface area (Å²) in [6.07, 6.45) is 2.49. The van der Waals surface area contributed by atoms with Gasteiger partial charge in [-0.25, -0.2) is 0 Å². The van der Waals surface area contributed by atoms with E-state index in [4.69, 9.17) is 0 Å². The van der Waals surface area contributed by atoms with Crippen molar-refractivity contribution in [2.24, 2.45) is 0 Å². The van der Waals surface area contributed by atoms with E-state index in [1.807, 2.05) is 35.0 Å². The fourth-order valence-electron chi connectivity index (χ4n) is 2.61. The Morgan fingerprint density at radius 3 is 1.85 bits per heavy atom. The highest BCUT2D eigenvalue weighted by Crippen LogP contribution is 2.21. The van der Waals surface area contributed by atoms with E-state index in [1.165, 1.54) is 42.4 Å². The molecule has 0 aliphatic rings. The number of fused-ring (bicyclic) bond motifs is 1. The molecule has 2 aromatic carbocycles. The Labute approximate surface area is 161 Å². The van der Waals surface area contributed by atoms with Crippen molar-refractivity contribution in [1.82, 2.24) is 15.5 Å². The van der Waals surface area contributed by atoms with Crippen LogP contribution in [-0.4, -0.2) is 59.3 Å². The molecule has 0 saturated carbocycles. The number of hydrogen-bond acceptors (Lipinski definition) is 4. The molecule has 4 heteroatoms. The SMILES string of the molecule is CC.CNCCCN(C)CCCNC.CNc1cccc2ccccc12. The molecular weight excluding hydrogens is 320 g/mol. The second-order valence-electron chi connectivity index (χ2n) is 5.99. The minimum Gasteiger partial charge on any atom is -0.388 e. The Hall–Kier alpha value is -1.62. The molecule has 0 aliphatic heterocycles. The smallest absolute Gasteiger partial charge is 0.0417 e. The van der Waals surface area contributed by atoms with Crippen LogP contribution >= 0.6 is 0 Å². The van der Waals surface area contributed by atoms with Crippen molar-refractivity contribution in [2.75, 3.05) is 59.7 Å². The molecule has 0 bridgehead atoms. The van der Waals surface area contributed by atoms with Crippen LogP contribution in [-0.2, 0) is 0 Å². The number of hydrogen-bond donors (Lipinski definition) is 3. The summed E-state index contributed by atoms with van der Waals surface area (Å²) < 4.78 is 0. The van der Waals surface area contributed by atoms with Crippen molar-refractivity contribution >= 4 is 16.5 Å². The van der Waals surface area contributed by atoms with Gasteiger partial charge in [-0.2, -0.15) is 0 Å². The zero-order chi connectivity index (χ0) is 19.6. The summed E-state index contributed by atoms with van der Waals surface area (Å²) in [4.78, 5) is 2.38. The van der Waals surface area contributed by atoms with Crippen molar-refractivity contribution in [2.45, 2.75) is 26.7 Å². The first-order valence-electron chi connectivity index (χ1n) is 9.86. The summed E-state index contributed by atoms with van der Waals surface area (Å²) in [7, 11) is 8.13. The van der Waals surface area contributed by atoms with Crippen LogP contribution in [0.1, 0.15) is 26.7 Å². The molecule has 2 rings (SSSR count). The van der Waals surface area contributed by atoms with Crippen LogP contribution in [0.2, 0.25) is 0 Å². The molecule has 0 aliphatic carbocycles. The molecular formula is C22H40N4. The monoisotopic (exact) mass is 360 g/mol. The molecule has 0 aromatic heterocycles. The molecule has 26 heavy (non-hydrogen) atoms. The zero-order valence-electron chi connectivity index (χ0n) is 17.7. The zero-order valence-corrected chi connectivity index (χ0v) is 17.7. The molecule has 0 atom stereocenters. The van der Waals surface area contributed by atoms with Gasteiger partial charge in [-0.15, -0.1) is 0 Å². The second-order valence-corrected chi connectivity index (χ2v) is 5.99. The van der Waals surface area contributed by atoms with Gasteiger partial charge >= 0.3 is 0 Å². The Morgan fingerprint density at radius 1 is 0.769 bits per heavy atom. The lowest BCUT2D eigenvalue weighted by Crippen LogP contribution is -2.25. The van der Waals surface area contributed by atoms with Crippen LogP contribution in [0, 0.1) is 0 Å². The van der Waals surface area contributed by atoms with E-state index in [2.05, 4.69) is 70.4 Å². The largest absolute Gasteiger partial charge is 0.388 e. The van der Waals surface area contributed by atoms with Crippen molar-refractivity contribution in [3.05, 3.63) is 42.5 Å². The summed E-state index contributed by atoms with van der Waals surface area (Å²) in [6, 6.07) is 14.6. The van der Waals surface area contributed by atoms with Crippen molar-refractivity contribution in [1.29, 1.82) is 0 Å². The predicted octanol–water partition coefficient (Wildman–Crippen LogP) is 4.04. The van der Waals surface area contributed by atoms with Gasteiger partial charge in [0.05, 0.1) is 0 Å². The Morgan fingerprint density at radius 2 is 1.31 bits per heavy atom. The Kier molecular flexibility index (Phi) is 15.8. The number of anilines is 1. The standard InChI is InChI=1S/C11H11N.C9H23N3.C2H6/c1-12-11-8-4-6-9-5-2-3-7-10(9)11;1-10-6-4-8-12(3)9-5-7-11-2;1-2/h2-8,12H,1H3;10-11H,4-9H2,1-3H3;1-2H3. The maximum absolute atomic E-state index is 3.17. The highest BCUT2D eigenvalue weighted by molar-refractivity contribution is 5.93. The van der Waals surface area contributed by atoms with Crippen LogP contribution in [0.3, 0.4) is 0 Å². The fraction of sp³-hybridized carbons (Fsp3) is 0.545. The molecule has 0 saturated heterocycles. The van der Waals surface area contributed by atoms with Gasteiger partial charge in [0, 0.05) is 18.1 Å². The van der Waals surface area contributed by atoms with Gasteiger partial charge in [0.2, 0.25) is 0 Å². The molecule has 2 aromatic rings. The molecule has 3 N–H and O–H groups in total. The van der Waals surface area contributed by atoms with E-state index in [0.717, 1.165) is 13.1 Å². The first-order chi connectivity index (χ1) is 12.7. The van der Waals surface area contributed by atoms with E-state index in [0.29, 0.717) is 0 Å². The predicted molar refractivity (Wildman–Crippen MR) is 119 cm³/mol. The first-order valence-corrected chi connectivity index (χ1v) is 9.86. The van der Waals surface area contributed by atoms with Crippen molar-refractivity contribution < 1.29 is 0 Å². The van der Waals surface area contributed by atoms with Crippen LogP contribution in [0.5, 0.6) is 0 Å².